The lowest BCUT2D eigenvalue weighted by Gasteiger charge is -2.12. The molecule has 0 aliphatic rings. The molecule has 0 aromatic heterocycles. The van der Waals surface area contributed by atoms with E-state index in [0.717, 1.165) is 34.0 Å². The monoisotopic (exact) mass is 277 g/mol. The SMILES string of the molecule is CC(C)=N/C(=C(\C)CC(C)C)c1ccc(C)c(Cl)c1. The zero-order valence-electron chi connectivity index (χ0n) is 12.8. The number of hydrogen-bond donors (Lipinski definition) is 0. The quantitative estimate of drug-likeness (QED) is 0.607. The number of aryl methyl sites for hydroxylation is 1. The Balaban J connectivity index is 3.31. The maximum absolute atomic E-state index is 6.23. The highest BCUT2D eigenvalue weighted by Crippen LogP contribution is 2.28. The van der Waals surface area contributed by atoms with Gasteiger partial charge in [-0.2, -0.15) is 0 Å². The van der Waals surface area contributed by atoms with Crippen molar-refractivity contribution in [3.05, 3.63) is 39.9 Å². The summed E-state index contributed by atoms with van der Waals surface area (Å²) in [6.45, 7) is 12.7. The first-order valence-electron chi connectivity index (χ1n) is 6.79. The second-order valence-electron chi connectivity index (χ2n) is 5.75. The smallest absolute Gasteiger partial charge is 0.0690 e. The van der Waals surface area contributed by atoms with E-state index in [1.165, 1.54) is 5.57 Å². The summed E-state index contributed by atoms with van der Waals surface area (Å²) in [6.07, 6.45) is 1.05. The number of nitrogens with zero attached hydrogens (tertiary/aromatic N) is 1. The fourth-order valence-electron chi connectivity index (χ4n) is 2.08. The summed E-state index contributed by atoms with van der Waals surface area (Å²) >= 11 is 6.23. The Labute approximate surface area is 122 Å². The maximum atomic E-state index is 6.23. The maximum Gasteiger partial charge on any atom is 0.0690 e. The van der Waals surface area contributed by atoms with Gasteiger partial charge in [-0.3, -0.25) is 4.99 Å². The molecule has 0 aliphatic heterocycles. The van der Waals surface area contributed by atoms with E-state index in [0.29, 0.717) is 5.92 Å². The van der Waals surface area contributed by atoms with Crippen molar-refractivity contribution in [2.45, 2.75) is 48.0 Å². The van der Waals surface area contributed by atoms with Crippen LogP contribution in [0.5, 0.6) is 0 Å². The highest BCUT2D eigenvalue weighted by Gasteiger charge is 2.08. The topological polar surface area (TPSA) is 12.4 Å². The van der Waals surface area contributed by atoms with Gasteiger partial charge in [0.2, 0.25) is 0 Å². The summed E-state index contributed by atoms with van der Waals surface area (Å²) in [6, 6.07) is 6.18. The molecule has 0 heterocycles. The van der Waals surface area contributed by atoms with E-state index in [1.54, 1.807) is 0 Å². The molecule has 0 spiro atoms. The average molecular weight is 278 g/mol. The number of aliphatic imine (C=N–C) groups is 1. The summed E-state index contributed by atoms with van der Waals surface area (Å²) in [4.78, 5) is 4.71. The van der Waals surface area contributed by atoms with Crippen molar-refractivity contribution in [3.8, 4) is 0 Å². The molecule has 0 saturated heterocycles. The molecule has 0 amide bonds. The van der Waals surface area contributed by atoms with Crippen LogP contribution in [0.25, 0.3) is 5.70 Å². The van der Waals surface area contributed by atoms with Crippen LogP contribution in [0.4, 0.5) is 0 Å². The molecule has 0 saturated carbocycles. The van der Waals surface area contributed by atoms with Crippen LogP contribution in [0.15, 0.2) is 28.8 Å². The lowest BCUT2D eigenvalue weighted by atomic mass is 9.98. The van der Waals surface area contributed by atoms with Gasteiger partial charge in [-0.05, 0) is 57.2 Å². The van der Waals surface area contributed by atoms with Crippen LogP contribution >= 0.6 is 11.6 Å². The molecule has 0 unspecified atom stereocenters. The van der Waals surface area contributed by atoms with Gasteiger partial charge in [-0.15, -0.1) is 0 Å². The summed E-state index contributed by atoms with van der Waals surface area (Å²) in [7, 11) is 0. The number of benzene rings is 1. The summed E-state index contributed by atoms with van der Waals surface area (Å²) < 4.78 is 0. The number of allylic oxidation sites excluding steroid dienone is 1. The number of rotatable bonds is 4. The number of halogens is 1. The van der Waals surface area contributed by atoms with Crippen LogP contribution in [0.1, 0.15) is 52.2 Å². The molecule has 0 aliphatic carbocycles. The van der Waals surface area contributed by atoms with Gasteiger partial charge >= 0.3 is 0 Å². The van der Waals surface area contributed by atoms with E-state index in [9.17, 15) is 0 Å². The zero-order chi connectivity index (χ0) is 14.6. The Morgan fingerprint density at radius 3 is 2.32 bits per heavy atom. The molecule has 0 N–H and O–H groups in total. The second kappa shape index (κ2) is 6.91. The van der Waals surface area contributed by atoms with Crippen LogP contribution < -0.4 is 0 Å². The number of hydrogen-bond acceptors (Lipinski definition) is 1. The lowest BCUT2D eigenvalue weighted by molar-refractivity contribution is 0.643. The molecule has 2 heteroatoms. The van der Waals surface area contributed by atoms with Crippen LogP contribution in [0, 0.1) is 12.8 Å². The Hall–Kier alpha value is -1.08. The van der Waals surface area contributed by atoms with Crippen molar-refractivity contribution in [2.24, 2.45) is 10.9 Å². The molecule has 1 rings (SSSR count). The van der Waals surface area contributed by atoms with Gasteiger partial charge in [0.15, 0.2) is 0 Å². The fraction of sp³-hybridized carbons (Fsp3) is 0.471. The third-order valence-electron chi connectivity index (χ3n) is 2.90. The van der Waals surface area contributed by atoms with Gasteiger partial charge in [0.05, 0.1) is 5.70 Å². The van der Waals surface area contributed by atoms with E-state index in [2.05, 4.69) is 32.9 Å². The standard InChI is InChI=1S/C17H24ClN/c1-11(2)9-14(6)17(19-12(3)4)15-8-7-13(5)16(18)10-15/h7-8,10-11H,9H2,1-6H3/b17-14+. The normalized spacial score (nSPS) is 12.4. The summed E-state index contributed by atoms with van der Waals surface area (Å²) in [5, 5.41) is 0.802. The van der Waals surface area contributed by atoms with Gasteiger partial charge < -0.3 is 0 Å². The molecule has 0 fully saturated rings. The van der Waals surface area contributed by atoms with E-state index in [-0.39, 0.29) is 0 Å². The zero-order valence-corrected chi connectivity index (χ0v) is 13.6. The Morgan fingerprint density at radius 2 is 1.84 bits per heavy atom. The third kappa shape index (κ3) is 4.83. The molecule has 0 atom stereocenters. The van der Waals surface area contributed by atoms with Crippen LogP contribution in [-0.2, 0) is 0 Å². The largest absolute Gasteiger partial charge is 0.258 e. The van der Waals surface area contributed by atoms with E-state index in [1.807, 2.05) is 26.8 Å². The Kier molecular flexibility index (Phi) is 5.81. The first-order valence-corrected chi connectivity index (χ1v) is 7.17. The minimum atomic E-state index is 0.628. The predicted molar refractivity (Wildman–Crippen MR) is 87.0 cm³/mol. The molecular weight excluding hydrogens is 254 g/mol. The predicted octanol–water partition coefficient (Wildman–Crippen LogP) is 5.91. The molecular formula is C17H24ClN. The van der Waals surface area contributed by atoms with Crippen molar-refractivity contribution in [1.82, 2.24) is 0 Å². The molecule has 0 radical (unpaired) electrons. The van der Waals surface area contributed by atoms with Crippen molar-refractivity contribution in [1.29, 1.82) is 0 Å². The second-order valence-corrected chi connectivity index (χ2v) is 6.16. The van der Waals surface area contributed by atoms with Crippen LogP contribution in [0.3, 0.4) is 0 Å². The molecule has 0 bridgehead atoms. The molecule has 1 aromatic carbocycles. The molecule has 1 nitrogen and oxygen atoms in total. The van der Waals surface area contributed by atoms with Gasteiger partial charge in [-0.1, -0.05) is 37.6 Å². The summed E-state index contributed by atoms with van der Waals surface area (Å²) in [5.41, 5.74) is 5.65. The Morgan fingerprint density at radius 1 is 1.21 bits per heavy atom. The van der Waals surface area contributed by atoms with Crippen LogP contribution in [-0.4, -0.2) is 5.71 Å². The highest BCUT2D eigenvalue weighted by molar-refractivity contribution is 6.31. The van der Waals surface area contributed by atoms with E-state index >= 15 is 0 Å². The first kappa shape index (κ1) is 16.0. The van der Waals surface area contributed by atoms with Gasteiger partial charge in [0.25, 0.3) is 0 Å². The first-order chi connectivity index (χ1) is 8.81. The van der Waals surface area contributed by atoms with Crippen molar-refractivity contribution in [2.75, 3.05) is 0 Å². The molecule has 19 heavy (non-hydrogen) atoms. The van der Waals surface area contributed by atoms with E-state index in [4.69, 9.17) is 16.6 Å². The van der Waals surface area contributed by atoms with Crippen molar-refractivity contribution < 1.29 is 0 Å². The van der Waals surface area contributed by atoms with Crippen molar-refractivity contribution in [3.63, 3.8) is 0 Å². The third-order valence-corrected chi connectivity index (χ3v) is 3.31. The van der Waals surface area contributed by atoms with Gasteiger partial charge in [0, 0.05) is 16.3 Å². The van der Waals surface area contributed by atoms with Gasteiger partial charge in [-0.25, -0.2) is 0 Å². The molecule has 1 aromatic rings. The Bertz CT molecular complexity index is 506. The van der Waals surface area contributed by atoms with Crippen molar-refractivity contribution >= 4 is 23.0 Å². The van der Waals surface area contributed by atoms with Crippen LogP contribution in [0.2, 0.25) is 5.02 Å². The minimum absolute atomic E-state index is 0.628. The lowest BCUT2D eigenvalue weighted by Crippen LogP contribution is -1.95. The minimum Gasteiger partial charge on any atom is -0.258 e. The molecule has 104 valence electrons. The highest BCUT2D eigenvalue weighted by atomic mass is 35.5. The fourth-order valence-corrected chi connectivity index (χ4v) is 2.26. The summed E-state index contributed by atoms with van der Waals surface area (Å²) in [5.74, 6) is 0.628. The van der Waals surface area contributed by atoms with E-state index < -0.39 is 0 Å². The average Bonchev–Trinajstić information content (AvgIpc) is 2.28. The van der Waals surface area contributed by atoms with Gasteiger partial charge in [0.1, 0.15) is 0 Å².